The molecule has 3 aromatic rings. The van der Waals surface area contributed by atoms with Crippen LogP contribution in [0.15, 0.2) is 54.9 Å². The summed E-state index contributed by atoms with van der Waals surface area (Å²) in [6.07, 6.45) is 3.00. The van der Waals surface area contributed by atoms with Crippen LogP contribution in [-0.4, -0.2) is 20.6 Å². The smallest absolute Gasteiger partial charge is 0.288 e. The van der Waals surface area contributed by atoms with Crippen LogP contribution in [0.4, 0.5) is 11.4 Å². The fourth-order valence-corrected chi connectivity index (χ4v) is 2.56. The molecule has 0 bridgehead atoms. The van der Waals surface area contributed by atoms with E-state index in [1.807, 2.05) is 0 Å². The number of amides is 1. The molecule has 0 atom stereocenters. The number of rotatable bonds is 6. The third-order valence-electron chi connectivity index (χ3n) is 3.46. The second kappa shape index (κ2) is 8.07. The summed E-state index contributed by atoms with van der Waals surface area (Å²) in [6, 6.07) is 10.7. The van der Waals surface area contributed by atoms with Gasteiger partial charge in [-0.1, -0.05) is 29.3 Å². The van der Waals surface area contributed by atoms with Gasteiger partial charge in [-0.05, 0) is 30.3 Å². The average molecular weight is 407 g/mol. The first-order valence-corrected chi connectivity index (χ1v) is 8.34. The molecule has 138 valence electrons. The van der Waals surface area contributed by atoms with Gasteiger partial charge in [0.25, 0.3) is 11.6 Å². The van der Waals surface area contributed by atoms with Gasteiger partial charge in [0, 0.05) is 16.7 Å². The average Bonchev–Trinajstić information content (AvgIpc) is 3.07. The van der Waals surface area contributed by atoms with Crippen molar-refractivity contribution < 1.29 is 14.5 Å². The summed E-state index contributed by atoms with van der Waals surface area (Å²) in [5.74, 6) is 0.0575. The summed E-state index contributed by atoms with van der Waals surface area (Å²) in [7, 11) is 0. The quantitative estimate of drug-likeness (QED) is 0.483. The van der Waals surface area contributed by atoms with Crippen LogP contribution >= 0.6 is 23.2 Å². The number of hydrogen-bond donors (Lipinski definition) is 1. The van der Waals surface area contributed by atoms with Crippen molar-refractivity contribution >= 4 is 40.5 Å². The maximum absolute atomic E-state index is 12.3. The number of ether oxygens (including phenoxy) is 1. The molecule has 2 aromatic carbocycles. The molecule has 0 radical (unpaired) electrons. The fraction of sp³-hybridized carbons (Fsp3) is 0.0588. The van der Waals surface area contributed by atoms with E-state index in [-0.39, 0.29) is 23.0 Å². The first kappa shape index (κ1) is 18.7. The van der Waals surface area contributed by atoms with Crippen LogP contribution in [0.3, 0.4) is 0 Å². The lowest BCUT2D eigenvalue weighted by Crippen LogP contribution is -2.12. The van der Waals surface area contributed by atoms with Crippen LogP contribution in [0.1, 0.15) is 10.4 Å². The molecule has 3 rings (SSSR count). The van der Waals surface area contributed by atoms with Gasteiger partial charge in [-0.3, -0.25) is 14.9 Å². The van der Waals surface area contributed by atoms with Gasteiger partial charge in [0.2, 0.25) is 0 Å². The number of hydrogen-bond acceptors (Lipinski definition) is 5. The van der Waals surface area contributed by atoms with Crippen molar-refractivity contribution in [3.05, 3.63) is 80.6 Å². The molecule has 0 aliphatic heterocycles. The van der Waals surface area contributed by atoms with E-state index >= 15 is 0 Å². The van der Waals surface area contributed by atoms with E-state index in [0.717, 1.165) is 6.07 Å². The number of nitro benzene ring substituents is 1. The fourth-order valence-electron chi connectivity index (χ4n) is 2.19. The Kier molecular flexibility index (Phi) is 5.58. The lowest BCUT2D eigenvalue weighted by molar-refractivity contribution is -0.384. The van der Waals surface area contributed by atoms with Gasteiger partial charge >= 0.3 is 0 Å². The van der Waals surface area contributed by atoms with Crippen molar-refractivity contribution in [3.63, 3.8) is 0 Å². The van der Waals surface area contributed by atoms with Gasteiger partial charge in [-0.15, -0.1) is 0 Å². The number of nitro groups is 1. The summed E-state index contributed by atoms with van der Waals surface area (Å²) in [4.78, 5) is 22.5. The normalized spacial score (nSPS) is 10.4. The van der Waals surface area contributed by atoms with E-state index in [0.29, 0.717) is 16.5 Å². The molecule has 0 aliphatic carbocycles. The van der Waals surface area contributed by atoms with Crippen LogP contribution in [0.25, 0.3) is 0 Å². The summed E-state index contributed by atoms with van der Waals surface area (Å²) < 4.78 is 7.02. The third-order valence-corrected chi connectivity index (χ3v) is 4.01. The van der Waals surface area contributed by atoms with Crippen molar-refractivity contribution in [3.8, 4) is 5.75 Å². The first-order valence-electron chi connectivity index (χ1n) is 7.58. The molecule has 1 aromatic heterocycles. The Morgan fingerprint density at radius 1 is 1.26 bits per heavy atom. The van der Waals surface area contributed by atoms with Crippen molar-refractivity contribution in [2.24, 2.45) is 0 Å². The lowest BCUT2D eigenvalue weighted by Gasteiger charge is -2.06. The first-order chi connectivity index (χ1) is 12.9. The molecule has 8 nitrogen and oxygen atoms in total. The van der Waals surface area contributed by atoms with E-state index in [1.165, 1.54) is 23.0 Å². The van der Waals surface area contributed by atoms with Gasteiger partial charge in [0.05, 0.1) is 23.0 Å². The highest BCUT2D eigenvalue weighted by Gasteiger charge is 2.16. The second-order valence-electron chi connectivity index (χ2n) is 5.38. The molecule has 1 N–H and O–H groups in total. The molecule has 0 saturated carbocycles. The maximum atomic E-state index is 12.3. The zero-order valence-electron chi connectivity index (χ0n) is 13.6. The van der Waals surface area contributed by atoms with Crippen LogP contribution in [0.2, 0.25) is 10.0 Å². The largest absolute Gasteiger partial charge is 0.471 e. The molecule has 0 aliphatic rings. The van der Waals surface area contributed by atoms with Crippen LogP contribution < -0.4 is 10.1 Å². The predicted molar refractivity (Wildman–Crippen MR) is 100 cm³/mol. The highest BCUT2D eigenvalue weighted by atomic mass is 35.5. The van der Waals surface area contributed by atoms with Crippen molar-refractivity contribution in [2.75, 3.05) is 5.32 Å². The van der Waals surface area contributed by atoms with Gasteiger partial charge in [0.15, 0.2) is 6.73 Å². The molecular formula is C17H12Cl2N4O4. The summed E-state index contributed by atoms with van der Waals surface area (Å²) in [5.41, 5.74) is 0.177. The number of carbonyl (C=O) groups is 1. The topological polar surface area (TPSA) is 99.3 Å². The number of benzene rings is 2. The summed E-state index contributed by atoms with van der Waals surface area (Å²) in [5, 5.41) is 18.1. The number of aromatic nitrogens is 2. The zero-order valence-corrected chi connectivity index (χ0v) is 15.1. The van der Waals surface area contributed by atoms with Crippen molar-refractivity contribution in [1.29, 1.82) is 0 Å². The Bertz CT molecular complexity index is 1010. The zero-order chi connectivity index (χ0) is 19.4. The highest BCUT2D eigenvalue weighted by molar-refractivity contribution is 6.32. The van der Waals surface area contributed by atoms with Gasteiger partial charge in [-0.25, -0.2) is 4.68 Å². The van der Waals surface area contributed by atoms with E-state index < -0.39 is 10.8 Å². The lowest BCUT2D eigenvalue weighted by atomic mass is 10.2. The highest BCUT2D eigenvalue weighted by Crippen LogP contribution is 2.25. The Hall–Kier alpha value is -3.10. The molecule has 0 unspecified atom stereocenters. The van der Waals surface area contributed by atoms with Crippen LogP contribution in [0.5, 0.6) is 5.75 Å². The maximum Gasteiger partial charge on any atom is 0.288 e. The molecular weight excluding hydrogens is 395 g/mol. The molecule has 1 amide bonds. The van der Waals surface area contributed by atoms with Crippen LogP contribution in [0, 0.1) is 10.1 Å². The van der Waals surface area contributed by atoms with E-state index in [2.05, 4.69) is 10.4 Å². The molecule has 0 fully saturated rings. The molecule has 0 spiro atoms. The summed E-state index contributed by atoms with van der Waals surface area (Å²) in [6.45, 7) is 0.114. The van der Waals surface area contributed by atoms with Crippen LogP contribution in [-0.2, 0) is 6.73 Å². The molecule has 27 heavy (non-hydrogen) atoms. The minimum absolute atomic E-state index is 0.0393. The molecule has 1 heterocycles. The van der Waals surface area contributed by atoms with Crippen molar-refractivity contribution in [1.82, 2.24) is 9.78 Å². The Labute approximate surface area is 163 Å². The Morgan fingerprint density at radius 3 is 2.81 bits per heavy atom. The van der Waals surface area contributed by atoms with Crippen molar-refractivity contribution in [2.45, 2.75) is 6.73 Å². The molecule has 0 saturated heterocycles. The predicted octanol–water partition coefficient (Wildman–Crippen LogP) is 4.39. The monoisotopic (exact) mass is 406 g/mol. The van der Waals surface area contributed by atoms with E-state index in [1.54, 1.807) is 30.5 Å². The number of carbonyl (C=O) groups excluding carboxylic acids is 1. The number of halogens is 2. The number of anilines is 1. The minimum atomic E-state index is -0.648. The van der Waals surface area contributed by atoms with Gasteiger partial charge in [-0.2, -0.15) is 5.10 Å². The number of nitrogens with zero attached hydrogens (tertiary/aromatic N) is 3. The third kappa shape index (κ3) is 4.75. The minimum Gasteiger partial charge on any atom is -0.471 e. The Balaban J connectivity index is 1.64. The van der Waals surface area contributed by atoms with E-state index in [4.69, 9.17) is 27.9 Å². The van der Waals surface area contributed by atoms with Gasteiger partial charge < -0.3 is 10.1 Å². The second-order valence-corrected chi connectivity index (χ2v) is 6.22. The number of nitrogens with one attached hydrogen (secondary N) is 1. The Morgan fingerprint density at radius 2 is 2.07 bits per heavy atom. The summed E-state index contributed by atoms with van der Waals surface area (Å²) >= 11 is 11.6. The van der Waals surface area contributed by atoms with E-state index in [9.17, 15) is 14.9 Å². The molecule has 10 heteroatoms. The standard InChI is InChI=1S/C17H12Cl2N4O4/c18-12-2-1-3-14(7-12)27-10-22-9-13(8-20-22)21-17(24)11-4-5-15(19)16(6-11)23(25)26/h1-9H,10H2,(H,21,24). The van der Waals surface area contributed by atoms with Gasteiger partial charge in [0.1, 0.15) is 10.8 Å². The SMILES string of the molecule is O=C(Nc1cnn(COc2cccc(Cl)c2)c1)c1ccc(Cl)c([N+](=O)[O-])c1.